The van der Waals surface area contributed by atoms with Crippen LogP contribution < -0.4 is 10.1 Å². The summed E-state index contributed by atoms with van der Waals surface area (Å²) in [6, 6.07) is 12.5. The van der Waals surface area contributed by atoms with Gasteiger partial charge in [-0.1, -0.05) is 18.2 Å². The van der Waals surface area contributed by atoms with Crippen LogP contribution in [0.2, 0.25) is 0 Å². The summed E-state index contributed by atoms with van der Waals surface area (Å²) < 4.78 is 18.7. The Morgan fingerprint density at radius 2 is 1.95 bits per heavy atom. The topological polar surface area (TPSA) is 41.5 Å². The van der Waals surface area contributed by atoms with E-state index in [4.69, 9.17) is 4.74 Å². The van der Waals surface area contributed by atoms with Gasteiger partial charge in [-0.15, -0.1) is 0 Å². The summed E-state index contributed by atoms with van der Waals surface area (Å²) in [4.78, 5) is 0. The van der Waals surface area contributed by atoms with Gasteiger partial charge in [0.15, 0.2) is 11.5 Å². The van der Waals surface area contributed by atoms with E-state index in [9.17, 15) is 9.50 Å². The third-order valence-electron chi connectivity index (χ3n) is 4.03. The van der Waals surface area contributed by atoms with Gasteiger partial charge in [-0.25, -0.2) is 4.39 Å². The van der Waals surface area contributed by atoms with Gasteiger partial charge in [0.1, 0.15) is 5.82 Å². The van der Waals surface area contributed by atoms with Crippen molar-refractivity contribution in [2.75, 3.05) is 12.4 Å². The highest BCUT2D eigenvalue weighted by molar-refractivity contribution is 5.55. The van der Waals surface area contributed by atoms with Gasteiger partial charge in [0.05, 0.1) is 7.11 Å². The van der Waals surface area contributed by atoms with Gasteiger partial charge in [0, 0.05) is 17.8 Å². The van der Waals surface area contributed by atoms with Crippen LogP contribution in [0.1, 0.15) is 24.3 Å². The van der Waals surface area contributed by atoms with Crippen molar-refractivity contribution in [3.05, 3.63) is 53.8 Å². The summed E-state index contributed by atoms with van der Waals surface area (Å²) in [5.41, 5.74) is 1.65. The second-order valence-corrected chi connectivity index (χ2v) is 5.42. The minimum Gasteiger partial charge on any atom is -0.504 e. The first-order valence-electron chi connectivity index (χ1n) is 7.05. The molecule has 1 aliphatic rings. The number of benzene rings is 2. The Labute approximate surface area is 123 Å². The molecule has 3 rings (SSSR count). The third kappa shape index (κ3) is 2.79. The average molecular weight is 287 g/mol. The summed E-state index contributed by atoms with van der Waals surface area (Å²) in [6.45, 7) is 0. The lowest BCUT2D eigenvalue weighted by molar-refractivity contribution is 0.362. The van der Waals surface area contributed by atoms with Crippen molar-refractivity contribution in [2.45, 2.75) is 24.8 Å². The molecule has 1 fully saturated rings. The highest BCUT2D eigenvalue weighted by Crippen LogP contribution is 2.40. The van der Waals surface area contributed by atoms with Gasteiger partial charge in [-0.05, 0) is 42.5 Å². The minimum absolute atomic E-state index is 0.118. The third-order valence-corrected chi connectivity index (χ3v) is 4.03. The van der Waals surface area contributed by atoms with Gasteiger partial charge in [0.2, 0.25) is 0 Å². The minimum atomic E-state index is -0.122. The second-order valence-electron chi connectivity index (χ2n) is 5.42. The Morgan fingerprint density at radius 1 is 1.19 bits per heavy atom. The zero-order chi connectivity index (χ0) is 14.8. The van der Waals surface area contributed by atoms with Gasteiger partial charge in [-0.3, -0.25) is 0 Å². The van der Waals surface area contributed by atoms with Crippen LogP contribution in [-0.2, 0) is 0 Å². The maximum absolute atomic E-state index is 13.7. The molecule has 110 valence electrons. The Kier molecular flexibility index (Phi) is 3.69. The molecule has 0 aliphatic heterocycles. The van der Waals surface area contributed by atoms with Crippen LogP contribution in [-0.4, -0.2) is 18.3 Å². The molecular weight excluding hydrogens is 269 g/mol. The smallest absolute Gasteiger partial charge is 0.160 e. The predicted molar refractivity (Wildman–Crippen MR) is 80.4 cm³/mol. The van der Waals surface area contributed by atoms with Gasteiger partial charge < -0.3 is 15.2 Å². The molecule has 0 bridgehead atoms. The van der Waals surface area contributed by atoms with E-state index in [1.165, 1.54) is 13.2 Å². The number of ether oxygens (including phenoxy) is 1. The Morgan fingerprint density at radius 3 is 2.62 bits per heavy atom. The van der Waals surface area contributed by atoms with Crippen LogP contribution in [0.25, 0.3) is 0 Å². The largest absolute Gasteiger partial charge is 0.504 e. The number of phenolic OH excluding ortho intramolecular Hbond substituents is 1. The second kappa shape index (κ2) is 5.64. The maximum atomic E-state index is 13.7. The number of halogens is 1. The number of anilines is 1. The van der Waals surface area contributed by atoms with E-state index in [0.717, 1.165) is 24.1 Å². The fourth-order valence-corrected chi connectivity index (χ4v) is 2.81. The van der Waals surface area contributed by atoms with Gasteiger partial charge >= 0.3 is 0 Å². The summed E-state index contributed by atoms with van der Waals surface area (Å²) >= 11 is 0. The van der Waals surface area contributed by atoms with E-state index in [0.29, 0.717) is 11.8 Å². The quantitative estimate of drug-likeness (QED) is 0.896. The number of rotatable bonds is 4. The van der Waals surface area contributed by atoms with Crippen LogP contribution >= 0.6 is 0 Å². The number of nitrogens with one attached hydrogen (secondary N) is 1. The number of methoxy groups -OCH3 is 1. The van der Waals surface area contributed by atoms with Gasteiger partial charge in [0.25, 0.3) is 0 Å². The molecule has 21 heavy (non-hydrogen) atoms. The molecule has 3 nitrogen and oxygen atoms in total. The monoisotopic (exact) mass is 287 g/mol. The van der Waals surface area contributed by atoms with E-state index in [-0.39, 0.29) is 17.5 Å². The fraction of sp³-hybridized carbons (Fsp3) is 0.294. The van der Waals surface area contributed by atoms with E-state index in [2.05, 4.69) is 5.32 Å². The lowest BCUT2D eigenvalue weighted by Gasteiger charge is -2.37. The molecule has 1 saturated carbocycles. The van der Waals surface area contributed by atoms with Crippen LogP contribution in [0.4, 0.5) is 10.1 Å². The lowest BCUT2D eigenvalue weighted by atomic mass is 9.75. The molecule has 0 radical (unpaired) electrons. The molecule has 0 saturated heterocycles. The zero-order valence-electron chi connectivity index (χ0n) is 11.8. The molecule has 0 spiro atoms. The first-order valence-corrected chi connectivity index (χ1v) is 7.05. The Bertz CT molecular complexity index is 638. The summed E-state index contributed by atoms with van der Waals surface area (Å²) in [5, 5.41) is 13.1. The van der Waals surface area contributed by atoms with Crippen molar-refractivity contribution in [3.8, 4) is 11.5 Å². The first-order chi connectivity index (χ1) is 10.2. The summed E-state index contributed by atoms with van der Waals surface area (Å²) in [6.07, 6.45) is 1.79. The average Bonchev–Trinajstić information content (AvgIpc) is 2.44. The van der Waals surface area contributed by atoms with Crippen molar-refractivity contribution in [1.82, 2.24) is 0 Å². The maximum Gasteiger partial charge on any atom is 0.160 e. The van der Waals surface area contributed by atoms with Crippen LogP contribution in [0.3, 0.4) is 0 Å². The van der Waals surface area contributed by atoms with Crippen molar-refractivity contribution >= 4 is 5.69 Å². The van der Waals surface area contributed by atoms with Crippen LogP contribution in [0, 0.1) is 5.82 Å². The van der Waals surface area contributed by atoms with E-state index in [1.807, 2.05) is 18.2 Å². The number of aromatic hydroxyl groups is 1. The molecule has 2 N–H and O–H groups in total. The predicted octanol–water partition coefficient (Wildman–Crippen LogP) is 3.90. The first kappa shape index (κ1) is 13.7. The molecule has 0 aromatic heterocycles. The fourth-order valence-electron chi connectivity index (χ4n) is 2.81. The van der Waals surface area contributed by atoms with Crippen molar-refractivity contribution in [3.63, 3.8) is 0 Å². The molecule has 0 atom stereocenters. The van der Waals surface area contributed by atoms with E-state index >= 15 is 0 Å². The molecule has 2 aromatic carbocycles. The van der Waals surface area contributed by atoms with Crippen LogP contribution in [0.15, 0.2) is 42.5 Å². The van der Waals surface area contributed by atoms with Crippen molar-refractivity contribution in [1.29, 1.82) is 0 Å². The van der Waals surface area contributed by atoms with Crippen molar-refractivity contribution in [2.24, 2.45) is 0 Å². The Balaban J connectivity index is 1.60. The standard InChI is InChI=1S/C17H18FNO2/c1-21-17-7-6-12(10-16(17)20)19-13-8-11(9-13)14-4-2-3-5-15(14)18/h2-7,10-11,13,19-20H,8-9H2,1H3. The molecule has 0 amide bonds. The Hall–Kier alpha value is -2.23. The summed E-state index contributed by atoms with van der Waals surface area (Å²) in [7, 11) is 1.52. The van der Waals surface area contributed by atoms with E-state index in [1.54, 1.807) is 18.2 Å². The highest BCUT2D eigenvalue weighted by Gasteiger charge is 2.31. The molecule has 2 aromatic rings. The van der Waals surface area contributed by atoms with Crippen LogP contribution in [0.5, 0.6) is 11.5 Å². The van der Waals surface area contributed by atoms with Gasteiger partial charge in [-0.2, -0.15) is 0 Å². The lowest BCUT2D eigenvalue weighted by Crippen LogP contribution is -2.34. The highest BCUT2D eigenvalue weighted by atomic mass is 19.1. The molecule has 4 heteroatoms. The molecule has 0 heterocycles. The summed E-state index contributed by atoms with van der Waals surface area (Å²) in [5.74, 6) is 0.726. The SMILES string of the molecule is COc1ccc(NC2CC(c3ccccc3F)C2)cc1O. The number of hydrogen-bond acceptors (Lipinski definition) is 3. The molecular formula is C17H18FNO2. The van der Waals surface area contributed by atoms with Crippen molar-refractivity contribution < 1.29 is 14.2 Å². The van der Waals surface area contributed by atoms with E-state index < -0.39 is 0 Å². The normalized spacial score (nSPS) is 20.7. The number of phenols is 1. The number of hydrogen-bond donors (Lipinski definition) is 2. The molecule has 0 unspecified atom stereocenters. The molecule has 1 aliphatic carbocycles. The zero-order valence-corrected chi connectivity index (χ0v) is 11.8.